The topological polar surface area (TPSA) is 43.7 Å². The van der Waals surface area contributed by atoms with Gasteiger partial charge >= 0.3 is 0 Å². The number of morpholine rings is 1. The maximum atomic E-state index is 6.77. The predicted molar refractivity (Wildman–Crippen MR) is 160 cm³/mol. The number of ether oxygens (including phenoxy) is 1. The van der Waals surface area contributed by atoms with Crippen molar-refractivity contribution in [2.75, 3.05) is 43.0 Å². The molecule has 0 bridgehead atoms. The number of nitrogens with zero attached hydrogens (tertiary/aromatic N) is 5. The van der Waals surface area contributed by atoms with Crippen molar-refractivity contribution in [3.63, 3.8) is 0 Å². The second-order valence-corrected chi connectivity index (χ2v) is 13.7. The smallest absolute Gasteiger partial charge is 0.180 e. The van der Waals surface area contributed by atoms with E-state index in [0.717, 1.165) is 24.1 Å². The van der Waals surface area contributed by atoms with E-state index in [-0.39, 0.29) is 5.41 Å². The highest BCUT2D eigenvalue weighted by Gasteiger charge is 2.50. The zero-order valence-electron chi connectivity index (χ0n) is 21.7. The van der Waals surface area contributed by atoms with Crippen molar-refractivity contribution < 1.29 is 4.74 Å². The summed E-state index contributed by atoms with van der Waals surface area (Å²) in [7, 11) is -0.596. The Morgan fingerprint density at radius 1 is 0.947 bits per heavy atom. The number of likely N-dealkylation sites (N-methyl/N-ethyl adjacent to an activating group) is 1. The molecule has 3 aromatic rings. The Hall–Kier alpha value is -2.60. The number of allylic oxidation sites excluding steroid dienone is 2. The van der Waals surface area contributed by atoms with Crippen molar-refractivity contribution in [1.29, 1.82) is 0 Å². The number of benzene rings is 3. The molecular formula is C29H30Cl2N5OP. The quantitative estimate of drug-likeness (QED) is 0.300. The van der Waals surface area contributed by atoms with E-state index < -0.39 is 7.36 Å². The van der Waals surface area contributed by atoms with Gasteiger partial charge in [-0.25, -0.2) is 14.2 Å². The van der Waals surface area contributed by atoms with E-state index in [1.165, 1.54) is 16.9 Å². The summed E-state index contributed by atoms with van der Waals surface area (Å²) >= 11 is 13.2. The highest BCUT2D eigenvalue weighted by Crippen LogP contribution is 2.71. The fourth-order valence-corrected chi connectivity index (χ4v) is 9.99. The summed E-state index contributed by atoms with van der Waals surface area (Å²) in [5.74, 6) is 0. The fraction of sp³-hybridized carbons (Fsp3) is 0.276. The van der Waals surface area contributed by atoms with Crippen LogP contribution in [0.3, 0.4) is 0 Å². The first-order chi connectivity index (χ1) is 18.3. The van der Waals surface area contributed by atoms with Crippen molar-refractivity contribution in [2.24, 2.45) is 9.85 Å². The summed E-state index contributed by atoms with van der Waals surface area (Å²) in [5.41, 5.74) is 5.08. The van der Waals surface area contributed by atoms with Gasteiger partial charge in [0.05, 0.1) is 41.1 Å². The Balaban J connectivity index is 1.71. The standard InChI is InChI=1S/C29H30Cl2N5OP/c1-29(2)23-11-7-8-12-26(23)34(3)28(29)27-20-32-36(22-9-5-4-6-10-22)38(27,35-15-17-37-18-16-35)33-25-19-21(30)13-14-24(25)31/h4-14,19-20H,15-18H2,1-3H3/b28-27-. The number of para-hydroxylation sites is 2. The summed E-state index contributed by atoms with van der Waals surface area (Å²) < 4.78 is 16.0. The molecule has 1 saturated heterocycles. The van der Waals surface area contributed by atoms with Gasteiger partial charge in [0.2, 0.25) is 0 Å². The van der Waals surface area contributed by atoms with Crippen LogP contribution in [0.2, 0.25) is 10.0 Å². The molecule has 0 aliphatic carbocycles. The third kappa shape index (κ3) is 4.02. The van der Waals surface area contributed by atoms with Gasteiger partial charge in [0.25, 0.3) is 0 Å². The molecule has 0 saturated carbocycles. The normalized spacial score (nSPS) is 24.7. The van der Waals surface area contributed by atoms with Crippen molar-refractivity contribution in [1.82, 2.24) is 4.67 Å². The number of hydrogen-bond acceptors (Lipinski definition) is 4. The van der Waals surface area contributed by atoms with E-state index in [0.29, 0.717) is 28.9 Å². The van der Waals surface area contributed by atoms with Crippen molar-refractivity contribution >= 4 is 53.8 Å². The van der Waals surface area contributed by atoms with Crippen LogP contribution in [-0.4, -0.2) is 44.2 Å². The van der Waals surface area contributed by atoms with Gasteiger partial charge in [0, 0.05) is 42.0 Å². The van der Waals surface area contributed by atoms with Crippen molar-refractivity contribution in [2.45, 2.75) is 19.3 Å². The molecule has 3 aliphatic rings. The lowest BCUT2D eigenvalue weighted by Crippen LogP contribution is -2.38. The van der Waals surface area contributed by atoms with Gasteiger partial charge in [-0.15, -0.1) is 0 Å². The molecule has 3 aromatic carbocycles. The lowest BCUT2D eigenvalue weighted by molar-refractivity contribution is 0.0743. The second kappa shape index (κ2) is 9.86. The van der Waals surface area contributed by atoms with Crippen LogP contribution in [0.25, 0.3) is 0 Å². The monoisotopic (exact) mass is 565 g/mol. The second-order valence-electron chi connectivity index (χ2n) is 10.1. The van der Waals surface area contributed by atoms with E-state index in [1.807, 2.05) is 36.5 Å². The molecular weight excluding hydrogens is 536 g/mol. The molecule has 9 heteroatoms. The van der Waals surface area contributed by atoms with E-state index in [4.69, 9.17) is 37.8 Å². The summed E-state index contributed by atoms with van der Waals surface area (Å²) in [6.07, 6.45) is 2.03. The van der Waals surface area contributed by atoms with E-state index in [2.05, 4.69) is 71.6 Å². The molecule has 0 aromatic heterocycles. The van der Waals surface area contributed by atoms with Crippen LogP contribution in [0, 0.1) is 0 Å². The minimum atomic E-state index is -2.74. The minimum absolute atomic E-state index is 0.259. The average molecular weight is 566 g/mol. The molecule has 1 unspecified atom stereocenters. The number of anilines is 2. The van der Waals surface area contributed by atoms with Gasteiger partial charge in [0.15, 0.2) is 7.36 Å². The fourth-order valence-electron chi connectivity index (χ4n) is 5.78. The molecule has 1 atom stereocenters. The molecule has 196 valence electrons. The molecule has 6 rings (SSSR count). The van der Waals surface area contributed by atoms with Crippen molar-refractivity contribution in [3.8, 4) is 0 Å². The van der Waals surface area contributed by atoms with Crippen LogP contribution >= 0.6 is 30.6 Å². The summed E-state index contributed by atoms with van der Waals surface area (Å²) in [6, 6.07) is 24.4. The number of halogens is 2. The first kappa shape index (κ1) is 25.7. The third-order valence-electron chi connectivity index (χ3n) is 7.51. The van der Waals surface area contributed by atoms with Gasteiger partial charge in [-0.1, -0.05) is 73.4 Å². The molecule has 3 aliphatic heterocycles. The van der Waals surface area contributed by atoms with Crippen LogP contribution in [0.1, 0.15) is 19.4 Å². The van der Waals surface area contributed by atoms with Gasteiger partial charge in [-0.3, -0.25) is 0 Å². The maximum Gasteiger partial charge on any atom is 0.180 e. The van der Waals surface area contributed by atoms with Crippen LogP contribution in [0.15, 0.2) is 93.7 Å². The summed E-state index contributed by atoms with van der Waals surface area (Å²) in [6.45, 7) is 7.30. The lowest BCUT2D eigenvalue weighted by atomic mass is 9.84. The highest BCUT2D eigenvalue weighted by atomic mass is 35.5. The maximum absolute atomic E-state index is 6.77. The Morgan fingerprint density at radius 3 is 2.39 bits per heavy atom. The Kier molecular flexibility index (Phi) is 6.66. The number of fused-ring (bicyclic) bond motifs is 1. The number of hydrogen-bond donors (Lipinski definition) is 0. The first-order valence-corrected chi connectivity index (χ1v) is 15.1. The zero-order chi connectivity index (χ0) is 26.5. The van der Waals surface area contributed by atoms with Gasteiger partial charge in [-0.05, 0) is 42.0 Å². The largest absolute Gasteiger partial charge is 0.379 e. The molecule has 6 nitrogen and oxygen atoms in total. The lowest BCUT2D eigenvalue weighted by Gasteiger charge is -2.43. The molecule has 0 N–H and O–H groups in total. The van der Waals surface area contributed by atoms with Crippen LogP contribution in [0.4, 0.5) is 17.1 Å². The zero-order valence-corrected chi connectivity index (χ0v) is 24.1. The minimum Gasteiger partial charge on any atom is -0.379 e. The van der Waals surface area contributed by atoms with Gasteiger partial charge < -0.3 is 9.64 Å². The predicted octanol–water partition coefficient (Wildman–Crippen LogP) is 8.13. The SMILES string of the molecule is CN1/C(=C2/C=NN(c3ccccc3)P2(=Nc2cc(Cl)ccc2Cl)N2CCOCC2)C(C)(C)c2ccccc21. The Labute approximate surface area is 234 Å². The first-order valence-electron chi connectivity index (χ1n) is 12.7. The van der Waals surface area contributed by atoms with Gasteiger partial charge in [0.1, 0.15) is 0 Å². The highest BCUT2D eigenvalue weighted by molar-refractivity contribution is 7.71. The number of rotatable bonds is 3. The van der Waals surface area contributed by atoms with Crippen LogP contribution < -0.4 is 9.68 Å². The summed E-state index contributed by atoms with van der Waals surface area (Å²) in [4.78, 5) is 2.31. The van der Waals surface area contributed by atoms with Crippen LogP contribution in [0.5, 0.6) is 0 Å². The molecule has 0 spiro atoms. The Bertz CT molecular complexity index is 1500. The molecule has 0 radical (unpaired) electrons. The average Bonchev–Trinajstić information content (AvgIpc) is 3.39. The van der Waals surface area contributed by atoms with E-state index in [1.54, 1.807) is 6.07 Å². The van der Waals surface area contributed by atoms with Crippen LogP contribution in [-0.2, 0) is 10.2 Å². The van der Waals surface area contributed by atoms with E-state index in [9.17, 15) is 0 Å². The Morgan fingerprint density at radius 2 is 1.66 bits per heavy atom. The van der Waals surface area contributed by atoms with E-state index >= 15 is 0 Å². The molecule has 1 fully saturated rings. The van der Waals surface area contributed by atoms with Crippen molar-refractivity contribution in [3.05, 3.63) is 99.4 Å². The number of hydrazone groups is 1. The summed E-state index contributed by atoms with van der Waals surface area (Å²) in [5, 5.41) is 7.37. The molecule has 0 amide bonds. The molecule has 38 heavy (non-hydrogen) atoms. The third-order valence-corrected chi connectivity index (χ3v) is 11.6. The van der Waals surface area contributed by atoms with Gasteiger partial charge in [-0.2, -0.15) is 5.10 Å². The molecule has 3 heterocycles.